The Morgan fingerprint density at radius 2 is 2.32 bits per heavy atom. The van der Waals surface area contributed by atoms with Gasteiger partial charge in [-0.25, -0.2) is 4.99 Å². The molecule has 0 spiro atoms. The molecule has 1 atom stereocenters. The van der Waals surface area contributed by atoms with E-state index in [2.05, 4.69) is 25.6 Å². The number of carbonyl (C=O) groups excluding carboxylic acids is 1. The second kappa shape index (κ2) is 4.62. The molecule has 0 radical (unpaired) electrons. The van der Waals surface area contributed by atoms with Crippen molar-refractivity contribution in [3.63, 3.8) is 0 Å². The van der Waals surface area contributed by atoms with Gasteiger partial charge in [-0.1, -0.05) is 12.1 Å². The summed E-state index contributed by atoms with van der Waals surface area (Å²) in [4.78, 5) is 23.7. The van der Waals surface area contributed by atoms with Gasteiger partial charge in [-0.05, 0) is 17.7 Å². The highest BCUT2D eigenvalue weighted by atomic mass is 16.3. The van der Waals surface area contributed by atoms with E-state index in [4.69, 9.17) is 5.11 Å². The second-order valence-corrected chi connectivity index (χ2v) is 4.09. The van der Waals surface area contributed by atoms with Gasteiger partial charge in [0.1, 0.15) is 6.34 Å². The lowest BCUT2D eigenvalue weighted by Crippen LogP contribution is -2.48. The Kier molecular flexibility index (Phi) is 2.81. The van der Waals surface area contributed by atoms with Crippen molar-refractivity contribution < 1.29 is 9.90 Å². The molecule has 1 amide bonds. The highest BCUT2D eigenvalue weighted by molar-refractivity contribution is 6.24. The molecule has 1 aromatic rings. The summed E-state index contributed by atoms with van der Waals surface area (Å²) < 4.78 is 0. The van der Waals surface area contributed by atoms with Crippen LogP contribution < -0.4 is 10.6 Å². The highest BCUT2D eigenvalue weighted by Crippen LogP contribution is 2.13. The summed E-state index contributed by atoms with van der Waals surface area (Å²) >= 11 is 0. The van der Waals surface area contributed by atoms with Crippen LogP contribution >= 0.6 is 0 Å². The van der Waals surface area contributed by atoms with Gasteiger partial charge in [0.2, 0.25) is 5.96 Å². The van der Waals surface area contributed by atoms with Gasteiger partial charge in [-0.15, -0.1) is 0 Å². The summed E-state index contributed by atoms with van der Waals surface area (Å²) in [6.45, 7) is -0.0447. The van der Waals surface area contributed by atoms with Crippen molar-refractivity contribution in [2.75, 3.05) is 5.32 Å². The van der Waals surface area contributed by atoms with Gasteiger partial charge in [0.05, 0.1) is 6.61 Å². The number of hydrogen-bond donors (Lipinski definition) is 3. The topological polar surface area (TPSA) is 98.4 Å². The molecule has 1 aromatic carbocycles. The van der Waals surface area contributed by atoms with Crippen LogP contribution in [0.4, 0.5) is 5.69 Å². The number of benzene rings is 1. The summed E-state index contributed by atoms with van der Waals surface area (Å²) in [7, 11) is 0. The Labute approximate surface area is 108 Å². The van der Waals surface area contributed by atoms with E-state index in [-0.39, 0.29) is 12.5 Å². The normalized spacial score (nSPS) is 20.5. The molecule has 7 nitrogen and oxygen atoms in total. The zero-order valence-electron chi connectivity index (χ0n) is 9.87. The predicted octanol–water partition coefficient (Wildman–Crippen LogP) is -0.114. The molecular formula is C12H11N5O2. The van der Waals surface area contributed by atoms with Crippen molar-refractivity contribution in [2.24, 2.45) is 15.0 Å². The summed E-state index contributed by atoms with van der Waals surface area (Å²) in [5.41, 5.74) is 1.50. The van der Waals surface area contributed by atoms with Gasteiger partial charge < -0.3 is 10.4 Å². The summed E-state index contributed by atoms with van der Waals surface area (Å²) in [5, 5.41) is 14.7. The van der Waals surface area contributed by atoms with Crippen molar-refractivity contribution in [3.8, 4) is 0 Å². The van der Waals surface area contributed by atoms with Crippen LogP contribution in [0.3, 0.4) is 0 Å². The number of amidine groups is 1. The smallest absolute Gasteiger partial charge is 0.259 e. The van der Waals surface area contributed by atoms with Crippen LogP contribution in [-0.4, -0.2) is 35.2 Å². The van der Waals surface area contributed by atoms with E-state index < -0.39 is 6.04 Å². The quantitative estimate of drug-likeness (QED) is 0.689. The fraction of sp³-hybridized carbons (Fsp3) is 0.167. The molecule has 0 fully saturated rings. The molecular weight excluding hydrogens is 246 g/mol. The van der Waals surface area contributed by atoms with Gasteiger partial charge >= 0.3 is 0 Å². The third kappa shape index (κ3) is 2.23. The number of rotatable bonds is 2. The van der Waals surface area contributed by atoms with Crippen LogP contribution in [0.5, 0.6) is 0 Å². The Morgan fingerprint density at radius 3 is 3.16 bits per heavy atom. The molecule has 0 aromatic heterocycles. The molecule has 7 heteroatoms. The largest absolute Gasteiger partial charge is 0.392 e. The Hall–Kier alpha value is -2.54. The van der Waals surface area contributed by atoms with E-state index in [1.54, 1.807) is 18.2 Å². The number of nitrogens with zero attached hydrogens (tertiary/aromatic N) is 3. The van der Waals surface area contributed by atoms with E-state index in [9.17, 15) is 4.79 Å². The van der Waals surface area contributed by atoms with Crippen LogP contribution in [0.15, 0.2) is 39.2 Å². The Morgan fingerprint density at radius 1 is 1.42 bits per heavy atom. The van der Waals surface area contributed by atoms with Crippen molar-refractivity contribution in [2.45, 2.75) is 12.6 Å². The maximum Gasteiger partial charge on any atom is 0.259 e. The van der Waals surface area contributed by atoms with Gasteiger partial charge in [-0.2, -0.15) is 4.99 Å². The number of guanidine groups is 1. The number of aliphatic hydroxyl groups excluding tert-OH is 1. The number of hydrogen-bond acceptors (Lipinski definition) is 6. The van der Waals surface area contributed by atoms with Crippen LogP contribution in [0.2, 0.25) is 0 Å². The molecule has 2 aliphatic rings. The average Bonchev–Trinajstić information content (AvgIpc) is 2.88. The molecule has 96 valence electrons. The lowest BCUT2D eigenvalue weighted by atomic mass is 10.2. The predicted molar refractivity (Wildman–Crippen MR) is 71.3 cm³/mol. The van der Waals surface area contributed by atoms with Crippen LogP contribution in [0.25, 0.3) is 0 Å². The zero-order valence-corrected chi connectivity index (χ0v) is 9.87. The van der Waals surface area contributed by atoms with E-state index >= 15 is 0 Å². The molecule has 19 heavy (non-hydrogen) atoms. The Bertz CT molecular complexity index is 620. The van der Waals surface area contributed by atoms with Gasteiger partial charge in [0, 0.05) is 5.69 Å². The van der Waals surface area contributed by atoms with E-state index in [1.165, 1.54) is 6.34 Å². The maximum absolute atomic E-state index is 11.7. The van der Waals surface area contributed by atoms with Crippen molar-refractivity contribution in [3.05, 3.63) is 29.8 Å². The lowest BCUT2D eigenvalue weighted by molar-refractivity contribution is -0.119. The lowest BCUT2D eigenvalue weighted by Gasteiger charge is -2.18. The minimum Gasteiger partial charge on any atom is -0.392 e. The minimum atomic E-state index is -0.630. The van der Waals surface area contributed by atoms with Crippen LogP contribution in [0, 0.1) is 0 Å². The first-order valence-corrected chi connectivity index (χ1v) is 5.72. The first-order chi connectivity index (χ1) is 9.26. The van der Waals surface area contributed by atoms with Crippen molar-refractivity contribution >= 4 is 29.7 Å². The van der Waals surface area contributed by atoms with Crippen LogP contribution in [-0.2, 0) is 11.4 Å². The highest BCUT2D eigenvalue weighted by Gasteiger charge is 2.31. The SMILES string of the molecule is O=C1NC(Nc2cccc(CO)c2)=NC2=NC=NC12. The number of aliphatic hydroxyl groups is 1. The molecule has 3 rings (SSSR count). The number of amides is 1. The summed E-state index contributed by atoms with van der Waals surface area (Å²) in [5.74, 6) is 0.425. The third-order valence-electron chi connectivity index (χ3n) is 2.74. The monoisotopic (exact) mass is 257 g/mol. The third-order valence-corrected chi connectivity index (χ3v) is 2.74. The molecule has 0 bridgehead atoms. The molecule has 1 unspecified atom stereocenters. The van der Waals surface area contributed by atoms with E-state index in [1.807, 2.05) is 6.07 Å². The zero-order chi connectivity index (χ0) is 13.2. The van der Waals surface area contributed by atoms with E-state index in [0.29, 0.717) is 11.8 Å². The molecule has 0 saturated carbocycles. The molecule has 2 heterocycles. The van der Waals surface area contributed by atoms with Crippen LogP contribution in [0.1, 0.15) is 5.56 Å². The van der Waals surface area contributed by atoms with E-state index in [0.717, 1.165) is 11.3 Å². The summed E-state index contributed by atoms with van der Waals surface area (Å²) in [6.07, 6.45) is 1.33. The van der Waals surface area contributed by atoms with Gasteiger partial charge in [0.15, 0.2) is 11.9 Å². The number of fused-ring (bicyclic) bond motifs is 1. The molecule has 0 saturated heterocycles. The van der Waals surface area contributed by atoms with Crippen molar-refractivity contribution in [1.82, 2.24) is 5.32 Å². The Balaban J connectivity index is 1.82. The average molecular weight is 257 g/mol. The minimum absolute atomic E-state index is 0.0447. The van der Waals surface area contributed by atoms with Gasteiger partial charge in [0.25, 0.3) is 5.91 Å². The molecule has 0 aliphatic carbocycles. The number of carbonyl (C=O) groups is 1. The molecule has 2 aliphatic heterocycles. The fourth-order valence-electron chi connectivity index (χ4n) is 1.84. The van der Waals surface area contributed by atoms with Gasteiger partial charge in [-0.3, -0.25) is 15.1 Å². The first-order valence-electron chi connectivity index (χ1n) is 5.72. The first kappa shape index (κ1) is 11.5. The standard InChI is InChI=1S/C12H11N5O2/c18-5-7-2-1-3-8(4-7)15-12-16-10-9(11(19)17-12)13-6-14-10/h1-4,6,9,18H,5H2,(H2,13,14,15,16,17,19). The van der Waals surface area contributed by atoms with Crippen molar-refractivity contribution in [1.29, 1.82) is 0 Å². The molecule has 3 N–H and O–H groups in total. The fourth-order valence-corrected chi connectivity index (χ4v) is 1.84. The number of nitrogens with one attached hydrogen (secondary N) is 2. The number of anilines is 1. The number of aliphatic imine (C=N–C) groups is 3. The summed E-state index contributed by atoms with van der Waals surface area (Å²) in [6, 6.07) is 6.56. The maximum atomic E-state index is 11.7. The second-order valence-electron chi connectivity index (χ2n) is 4.09.